The predicted molar refractivity (Wildman–Crippen MR) is 105 cm³/mol. The van der Waals surface area contributed by atoms with Crippen LogP contribution in [0.4, 0.5) is 4.79 Å². The second kappa shape index (κ2) is 10.8. The van der Waals surface area contributed by atoms with Gasteiger partial charge in [0.05, 0.1) is 12.6 Å². The molecule has 6 heteroatoms. The summed E-state index contributed by atoms with van der Waals surface area (Å²) < 4.78 is 10.2. The Morgan fingerprint density at radius 1 is 1.15 bits per heavy atom. The van der Waals surface area contributed by atoms with Crippen molar-refractivity contribution in [3.8, 4) is 5.75 Å². The molecule has 0 aliphatic carbocycles. The molecular weight excluding hydrogens is 332 g/mol. The molecule has 0 aliphatic rings. The summed E-state index contributed by atoms with van der Waals surface area (Å²) >= 11 is 0. The Kier molecular flexibility index (Phi) is 9.94. The third-order valence-corrected chi connectivity index (χ3v) is 3.64. The highest BCUT2D eigenvalue weighted by Gasteiger charge is 2.30. The van der Waals surface area contributed by atoms with Gasteiger partial charge in [0.1, 0.15) is 17.6 Å². The monoisotopic (exact) mass is 366 g/mol. The van der Waals surface area contributed by atoms with Crippen molar-refractivity contribution in [3.63, 3.8) is 0 Å². The summed E-state index contributed by atoms with van der Waals surface area (Å²) in [6, 6.07) is 8.17. The molecule has 1 aromatic carbocycles. The van der Waals surface area contributed by atoms with Crippen molar-refractivity contribution in [1.82, 2.24) is 10.2 Å². The topological polar surface area (TPSA) is 67.9 Å². The van der Waals surface area contributed by atoms with Crippen molar-refractivity contribution in [2.45, 2.75) is 52.2 Å². The molecule has 0 heterocycles. The van der Waals surface area contributed by atoms with Crippen LogP contribution in [0.1, 0.15) is 40.2 Å². The van der Waals surface area contributed by atoms with Crippen LogP contribution in [0.2, 0.25) is 0 Å². The molecule has 0 spiro atoms. The number of rotatable bonds is 6. The largest absolute Gasteiger partial charge is 0.497 e. The Labute approximate surface area is 157 Å². The molecule has 0 fully saturated rings. The van der Waals surface area contributed by atoms with Gasteiger partial charge in [-0.1, -0.05) is 12.1 Å². The highest BCUT2D eigenvalue weighted by atomic mass is 16.6. The highest BCUT2D eigenvalue weighted by molar-refractivity contribution is 5.75. The normalized spacial score (nSPS) is 11.1. The summed E-state index contributed by atoms with van der Waals surface area (Å²) in [4.78, 5) is 23.5. The summed E-state index contributed by atoms with van der Waals surface area (Å²) in [5.41, 5.74) is -0.0303. The van der Waals surface area contributed by atoms with E-state index < -0.39 is 17.2 Å². The average Bonchev–Trinajstić information content (AvgIpc) is 2.58. The number of hydrogen-bond donors (Lipinski definition) is 1. The molecule has 0 saturated heterocycles. The molecule has 0 aromatic heterocycles. The third kappa shape index (κ3) is 9.42. The number of likely N-dealkylation sites (N-methyl/N-ethyl adjacent to an activating group) is 2. The number of carbonyl (C=O) groups excluding carboxylic acids is 2. The van der Waals surface area contributed by atoms with Crippen LogP contribution in [0, 0.1) is 0 Å². The molecule has 1 aromatic rings. The second-order valence-electron chi connectivity index (χ2n) is 7.51. The zero-order chi connectivity index (χ0) is 20.4. The Morgan fingerprint density at radius 3 is 2.08 bits per heavy atom. The number of hydrogen-bond acceptors (Lipinski definition) is 5. The van der Waals surface area contributed by atoms with Gasteiger partial charge in [-0.3, -0.25) is 4.90 Å². The van der Waals surface area contributed by atoms with Crippen molar-refractivity contribution < 1.29 is 19.1 Å². The van der Waals surface area contributed by atoms with E-state index in [9.17, 15) is 9.59 Å². The number of amides is 1. The Morgan fingerprint density at radius 2 is 1.69 bits per heavy atom. The Hall–Kier alpha value is -2.08. The summed E-state index contributed by atoms with van der Waals surface area (Å²) in [6.07, 6.45) is 1.30. The third-order valence-electron chi connectivity index (χ3n) is 3.64. The molecule has 0 unspecified atom stereocenters. The predicted octanol–water partition coefficient (Wildman–Crippen LogP) is 3.29. The van der Waals surface area contributed by atoms with Crippen molar-refractivity contribution >= 4 is 12.4 Å². The first-order chi connectivity index (χ1) is 12.0. The van der Waals surface area contributed by atoms with E-state index in [4.69, 9.17) is 9.47 Å². The molecular formula is C20H34N2O4. The molecule has 26 heavy (non-hydrogen) atoms. The number of nitrogens with zero attached hydrogens (tertiary/aromatic N) is 1. The van der Waals surface area contributed by atoms with Crippen LogP contribution in [0.5, 0.6) is 5.75 Å². The van der Waals surface area contributed by atoms with Gasteiger partial charge in [0.15, 0.2) is 0 Å². The molecule has 1 rings (SSSR count). The van der Waals surface area contributed by atoms with Crippen LogP contribution < -0.4 is 10.1 Å². The standard InChI is InChI=1S/C10H19NO3.C10H15NO/c1-9(2,3)14-8(13)11(6)10(4,5)7-12;1-11-8-7-9-3-5-10(12-2)6-4-9/h7H,1-6H3;3-6,11H,7-8H2,1-2H3. The maximum Gasteiger partial charge on any atom is 0.410 e. The van der Waals surface area contributed by atoms with Crippen LogP contribution in [0.25, 0.3) is 0 Å². The van der Waals surface area contributed by atoms with Crippen molar-refractivity contribution in [2.75, 3.05) is 27.7 Å². The number of benzene rings is 1. The van der Waals surface area contributed by atoms with Gasteiger partial charge in [0.2, 0.25) is 0 Å². The minimum atomic E-state index is -0.831. The number of aldehydes is 1. The maximum atomic E-state index is 11.5. The fraction of sp³-hybridized carbons (Fsp3) is 0.600. The number of ether oxygens (including phenoxy) is 2. The number of carbonyl (C=O) groups is 2. The van der Waals surface area contributed by atoms with E-state index in [0.717, 1.165) is 25.0 Å². The van der Waals surface area contributed by atoms with E-state index in [1.807, 2.05) is 19.2 Å². The van der Waals surface area contributed by atoms with Crippen molar-refractivity contribution in [2.24, 2.45) is 0 Å². The quantitative estimate of drug-likeness (QED) is 0.783. The molecule has 1 amide bonds. The van der Waals surface area contributed by atoms with Crippen LogP contribution in [-0.2, 0) is 16.0 Å². The van der Waals surface area contributed by atoms with E-state index in [1.165, 1.54) is 10.5 Å². The molecule has 0 radical (unpaired) electrons. The van der Waals surface area contributed by atoms with Crippen LogP contribution in [0.15, 0.2) is 24.3 Å². The van der Waals surface area contributed by atoms with E-state index in [0.29, 0.717) is 0 Å². The lowest BCUT2D eigenvalue weighted by Gasteiger charge is -2.32. The van der Waals surface area contributed by atoms with Gasteiger partial charge in [-0.05, 0) is 72.3 Å². The fourth-order valence-electron chi connectivity index (χ4n) is 1.71. The first kappa shape index (κ1) is 23.9. The van der Waals surface area contributed by atoms with Gasteiger partial charge in [-0.25, -0.2) is 4.79 Å². The number of nitrogens with one attached hydrogen (secondary N) is 1. The zero-order valence-corrected chi connectivity index (χ0v) is 17.4. The molecule has 1 N–H and O–H groups in total. The molecule has 0 aliphatic heterocycles. The Bertz CT molecular complexity index is 548. The van der Waals surface area contributed by atoms with Gasteiger partial charge in [0, 0.05) is 7.05 Å². The lowest BCUT2D eigenvalue weighted by molar-refractivity contribution is -0.116. The lowest BCUT2D eigenvalue weighted by atomic mass is 10.1. The zero-order valence-electron chi connectivity index (χ0n) is 17.4. The van der Waals surface area contributed by atoms with E-state index in [1.54, 1.807) is 48.8 Å². The van der Waals surface area contributed by atoms with Crippen LogP contribution in [0.3, 0.4) is 0 Å². The first-order valence-corrected chi connectivity index (χ1v) is 8.67. The maximum absolute atomic E-state index is 11.5. The smallest absolute Gasteiger partial charge is 0.410 e. The summed E-state index contributed by atoms with van der Waals surface area (Å²) in [7, 11) is 5.19. The molecule has 0 atom stereocenters. The van der Waals surface area contributed by atoms with Crippen molar-refractivity contribution in [1.29, 1.82) is 0 Å². The van der Waals surface area contributed by atoms with E-state index in [-0.39, 0.29) is 0 Å². The van der Waals surface area contributed by atoms with E-state index in [2.05, 4.69) is 17.4 Å². The van der Waals surface area contributed by atoms with Gasteiger partial charge >= 0.3 is 6.09 Å². The lowest BCUT2D eigenvalue weighted by Crippen LogP contribution is -2.48. The van der Waals surface area contributed by atoms with E-state index >= 15 is 0 Å². The Balaban J connectivity index is 0.000000485. The number of methoxy groups -OCH3 is 1. The van der Waals surface area contributed by atoms with Crippen LogP contribution in [-0.4, -0.2) is 56.2 Å². The minimum Gasteiger partial charge on any atom is -0.497 e. The first-order valence-electron chi connectivity index (χ1n) is 8.67. The highest BCUT2D eigenvalue weighted by Crippen LogP contribution is 2.15. The van der Waals surface area contributed by atoms with Gasteiger partial charge in [-0.2, -0.15) is 0 Å². The van der Waals surface area contributed by atoms with Gasteiger partial charge in [-0.15, -0.1) is 0 Å². The molecule has 148 valence electrons. The summed E-state index contributed by atoms with van der Waals surface area (Å²) in [5, 5.41) is 3.11. The van der Waals surface area contributed by atoms with Gasteiger partial charge < -0.3 is 19.6 Å². The van der Waals surface area contributed by atoms with Crippen molar-refractivity contribution in [3.05, 3.63) is 29.8 Å². The molecule has 0 bridgehead atoms. The SMILES string of the molecule is CN(C(=O)OC(C)(C)C)C(C)(C)C=O.CNCCc1ccc(OC)cc1. The minimum absolute atomic E-state index is 0.491. The molecule has 0 saturated carbocycles. The van der Waals surface area contributed by atoms with Gasteiger partial charge in [0.25, 0.3) is 0 Å². The van der Waals surface area contributed by atoms with Crippen LogP contribution >= 0.6 is 0 Å². The summed E-state index contributed by atoms with van der Waals surface area (Å²) in [6.45, 7) is 9.69. The fourth-order valence-corrected chi connectivity index (χ4v) is 1.71. The average molecular weight is 367 g/mol. The molecule has 6 nitrogen and oxygen atoms in total. The summed E-state index contributed by atoms with van der Waals surface area (Å²) in [5.74, 6) is 0.920. The second-order valence-corrected chi connectivity index (χ2v) is 7.51.